The standard InChI is InChI=1S/C32H46N6O5/c1-8-32(12-15-37(16-13-32)30(41)43-31(5,6)7)36-25-11-14-34-28(39)26(25)27(33)35-23-9-10-24(20(2)17-23)29(40)38-21(3)18-42-19-22(38)4/h9-11,14,17,21-22H,8,12-13,15-16,18-19H2,1-7H3,(H2,33,35)(H2,34,36,39)/t21-,22+. The van der Waals surface area contributed by atoms with Gasteiger partial charge in [0.05, 0.1) is 36.7 Å². The van der Waals surface area contributed by atoms with E-state index < -0.39 is 5.60 Å². The number of amides is 2. The fourth-order valence-corrected chi connectivity index (χ4v) is 5.83. The highest BCUT2D eigenvalue weighted by atomic mass is 16.6. The summed E-state index contributed by atoms with van der Waals surface area (Å²) in [5.41, 5.74) is 7.96. The number of nitrogens with two attached hydrogens (primary N) is 1. The first kappa shape index (κ1) is 32.1. The van der Waals surface area contributed by atoms with Gasteiger partial charge in [0, 0.05) is 30.4 Å². The SMILES string of the molecule is CCC1(Nc2cc[nH]c(=O)c2C(N)=Nc2ccc(C(=O)N3[C@H](C)COC[C@@H]3C)c(C)c2)CCN(C(=O)OC(C)(C)C)CC1. The number of morpholine rings is 1. The van der Waals surface area contributed by atoms with Gasteiger partial charge in [-0.05, 0) is 90.6 Å². The van der Waals surface area contributed by atoms with Gasteiger partial charge in [-0.3, -0.25) is 9.59 Å². The van der Waals surface area contributed by atoms with Crippen molar-refractivity contribution in [3.8, 4) is 0 Å². The molecule has 0 radical (unpaired) electrons. The van der Waals surface area contributed by atoms with Crippen LogP contribution in [-0.4, -0.2) is 82.1 Å². The van der Waals surface area contributed by atoms with E-state index in [0.29, 0.717) is 56.1 Å². The van der Waals surface area contributed by atoms with Crippen LogP contribution in [0.1, 0.15) is 82.3 Å². The van der Waals surface area contributed by atoms with Crippen LogP contribution in [-0.2, 0) is 9.47 Å². The predicted molar refractivity (Wildman–Crippen MR) is 168 cm³/mol. The summed E-state index contributed by atoms with van der Waals surface area (Å²) in [4.78, 5) is 49.9. The molecule has 4 N–H and O–H groups in total. The van der Waals surface area contributed by atoms with Crippen LogP contribution in [0.3, 0.4) is 0 Å². The second kappa shape index (κ2) is 12.8. The Morgan fingerprint density at radius 1 is 1.16 bits per heavy atom. The fraction of sp³-hybridized carbons (Fsp3) is 0.562. The van der Waals surface area contributed by atoms with E-state index in [-0.39, 0.29) is 46.6 Å². The van der Waals surface area contributed by atoms with Crippen molar-refractivity contribution in [3.63, 3.8) is 0 Å². The van der Waals surface area contributed by atoms with Gasteiger partial charge in [0.15, 0.2) is 0 Å². The summed E-state index contributed by atoms with van der Waals surface area (Å²) in [7, 11) is 0. The molecular formula is C32H46N6O5. The number of piperidine rings is 1. The summed E-state index contributed by atoms with van der Waals surface area (Å²) in [5, 5.41) is 3.59. The van der Waals surface area contributed by atoms with Gasteiger partial charge >= 0.3 is 6.09 Å². The molecule has 2 atom stereocenters. The number of hydrogen-bond acceptors (Lipinski definition) is 7. The van der Waals surface area contributed by atoms with Crippen LogP contribution in [0.5, 0.6) is 0 Å². The summed E-state index contributed by atoms with van der Waals surface area (Å²) in [6.45, 7) is 15.6. The Kier molecular flexibility index (Phi) is 9.54. The van der Waals surface area contributed by atoms with Gasteiger partial charge in [-0.2, -0.15) is 0 Å². The number of benzene rings is 1. The Balaban J connectivity index is 1.54. The molecule has 1 aromatic carbocycles. The average Bonchev–Trinajstić information content (AvgIpc) is 2.92. The van der Waals surface area contributed by atoms with Crippen LogP contribution in [0.2, 0.25) is 0 Å². The number of likely N-dealkylation sites (tertiary alicyclic amines) is 1. The van der Waals surface area contributed by atoms with E-state index in [1.807, 2.05) is 46.4 Å². The fourth-order valence-electron chi connectivity index (χ4n) is 5.83. The van der Waals surface area contributed by atoms with Crippen molar-refractivity contribution in [2.24, 2.45) is 10.7 Å². The lowest BCUT2D eigenvalue weighted by Gasteiger charge is -2.43. The highest BCUT2D eigenvalue weighted by Gasteiger charge is 2.37. The highest BCUT2D eigenvalue weighted by molar-refractivity contribution is 6.03. The predicted octanol–water partition coefficient (Wildman–Crippen LogP) is 4.56. The van der Waals surface area contributed by atoms with E-state index in [4.69, 9.17) is 15.2 Å². The van der Waals surface area contributed by atoms with Crippen molar-refractivity contribution < 1.29 is 19.1 Å². The van der Waals surface area contributed by atoms with E-state index in [9.17, 15) is 14.4 Å². The van der Waals surface area contributed by atoms with Gasteiger partial charge in [0.1, 0.15) is 17.0 Å². The Morgan fingerprint density at radius 2 is 1.81 bits per heavy atom. The third kappa shape index (κ3) is 7.38. The van der Waals surface area contributed by atoms with Crippen molar-refractivity contribution in [3.05, 3.63) is 57.5 Å². The van der Waals surface area contributed by atoms with E-state index >= 15 is 0 Å². The van der Waals surface area contributed by atoms with Crippen molar-refractivity contribution in [1.82, 2.24) is 14.8 Å². The van der Waals surface area contributed by atoms with Gasteiger partial charge in [-0.1, -0.05) is 6.92 Å². The van der Waals surface area contributed by atoms with Gasteiger partial charge < -0.3 is 35.3 Å². The molecule has 2 amide bonds. The number of nitrogens with one attached hydrogen (secondary N) is 2. The molecule has 0 spiro atoms. The first-order chi connectivity index (χ1) is 20.2. The number of carbonyl (C=O) groups excluding carboxylic acids is 2. The Bertz CT molecular complexity index is 1410. The minimum Gasteiger partial charge on any atom is -0.444 e. The smallest absolute Gasteiger partial charge is 0.410 e. The highest BCUT2D eigenvalue weighted by Crippen LogP contribution is 2.32. The molecule has 0 unspecified atom stereocenters. The molecule has 234 valence electrons. The number of aromatic nitrogens is 1. The maximum atomic E-state index is 13.4. The van der Waals surface area contributed by atoms with E-state index in [2.05, 4.69) is 22.2 Å². The number of pyridine rings is 1. The number of carbonyl (C=O) groups is 2. The quantitative estimate of drug-likeness (QED) is 0.329. The molecule has 1 aromatic heterocycles. The van der Waals surface area contributed by atoms with Gasteiger partial charge in [-0.15, -0.1) is 0 Å². The Hall–Kier alpha value is -3.86. The van der Waals surface area contributed by atoms with Crippen molar-refractivity contribution in [2.45, 2.75) is 91.0 Å². The lowest BCUT2D eigenvalue weighted by molar-refractivity contribution is -0.0249. The van der Waals surface area contributed by atoms with E-state index in [1.165, 1.54) is 0 Å². The number of hydrogen-bond donors (Lipinski definition) is 3. The van der Waals surface area contributed by atoms with Crippen molar-refractivity contribution in [2.75, 3.05) is 31.6 Å². The van der Waals surface area contributed by atoms with E-state index in [0.717, 1.165) is 12.0 Å². The molecule has 43 heavy (non-hydrogen) atoms. The molecule has 2 aromatic rings. The zero-order chi connectivity index (χ0) is 31.5. The maximum Gasteiger partial charge on any atom is 0.410 e. The first-order valence-electron chi connectivity index (χ1n) is 15.1. The maximum absolute atomic E-state index is 13.4. The van der Waals surface area contributed by atoms with Crippen molar-refractivity contribution in [1.29, 1.82) is 0 Å². The number of ether oxygens (including phenoxy) is 2. The molecule has 2 aliphatic heterocycles. The number of aliphatic imine (C=N–C) groups is 1. The third-order valence-electron chi connectivity index (χ3n) is 8.26. The monoisotopic (exact) mass is 594 g/mol. The van der Waals surface area contributed by atoms with Crippen LogP contribution >= 0.6 is 0 Å². The van der Waals surface area contributed by atoms with Crippen LogP contribution in [0.25, 0.3) is 0 Å². The molecule has 11 heteroatoms. The molecule has 4 rings (SSSR count). The summed E-state index contributed by atoms with van der Waals surface area (Å²) < 4.78 is 11.1. The lowest BCUT2D eigenvalue weighted by Crippen LogP contribution is -2.52. The number of aryl methyl sites for hydroxylation is 1. The summed E-state index contributed by atoms with van der Waals surface area (Å²) >= 11 is 0. The number of aromatic amines is 1. The molecule has 0 aliphatic carbocycles. The molecule has 0 bridgehead atoms. The Morgan fingerprint density at radius 3 is 2.40 bits per heavy atom. The summed E-state index contributed by atoms with van der Waals surface area (Å²) in [5.74, 6) is 0.0218. The molecule has 11 nitrogen and oxygen atoms in total. The number of amidine groups is 1. The van der Waals surface area contributed by atoms with Crippen LogP contribution in [0.4, 0.5) is 16.2 Å². The van der Waals surface area contributed by atoms with Gasteiger partial charge in [0.2, 0.25) is 0 Å². The first-order valence-corrected chi connectivity index (χ1v) is 15.1. The zero-order valence-electron chi connectivity index (χ0n) is 26.5. The molecule has 2 aliphatic rings. The number of anilines is 1. The molecule has 0 saturated carbocycles. The van der Waals surface area contributed by atoms with Crippen LogP contribution in [0, 0.1) is 6.92 Å². The minimum absolute atomic E-state index is 0.0179. The van der Waals surface area contributed by atoms with Gasteiger partial charge in [0.25, 0.3) is 11.5 Å². The molecule has 2 fully saturated rings. The normalized spacial score (nSPS) is 21.0. The Labute approximate surface area is 253 Å². The van der Waals surface area contributed by atoms with Crippen molar-refractivity contribution >= 4 is 29.2 Å². The summed E-state index contributed by atoms with van der Waals surface area (Å²) in [6, 6.07) is 7.06. The van der Waals surface area contributed by atoms with Crippen LogP contribution in [0.15, 0.2) is 40.2 Å². The van der Waals surface area contributed by atoms with E-state index in [1.54, 1.807) is 35.4 Å². The molecule has 3 heterocycles. The molecular weight excluding hydrogens is 548 g/mol. The number of nitrogens with zero attached hydrogens (tertiary/aromatic N) is 3. The lowest BCUT2D eigenvalue weighted by atomic mass is 9.84. The summed E-state index contributed by atoms with van der Waals surface area (Å²) in [6.07, 6.45) is 3.41. The number of rotatable bonds is 6. The molecule has 2 saturated heterocycles. The number of H-pyrrole nitrogens is 1. The minimum atomic E-state index is -0.556. The largest absolute Gasteiger partial charge is 0.444 e. The average molecular weight is 595 g/mol. The zero-order valence-corrected chi connectivity index (χ0v) is 26.5. The topological polar surface area (TPSA) is 142 Å². The van der Waals surface area contributed by atoms with Crippen LogP contribution < -0.4 is 16.6 Å². The van der Waals surface area contributed by atoms with Gasteiger partial charge in [-0.25, -0.2) is 9.79 Å². The second-order valence-electron chi connectivity index (χ2n) is 12.8. The second-order valence-corrected chi connectivity index (χ2v) is 12.8. The third-order valence-corrected chi connectivity index (χ3v) is 8.26.